The van der Waals surface area contributed by atoms with Gasteiger partial charge in [0.2, 0.25) is 11.8 Å². The summed E-state index contributed by atoms with van der Waals surface area (Å²) in [7, 11) is 1.64. The first-order valence-corrected chi connectivity index (χ1v) is 12.8. The second-order valence-electron chi connectivity index (χ2n) is 8.59. The number of carbonyl (C=O) groups excluding carboxylic acids is 1. The van der Waals surface area contributed by atoms with Gasteiger partial charge in [-0.1, -0.05) is 60.3 Å². The number of carbonyl (C=O) groups is 1. The average Bonchev–Trinajstić information content (AvgIpc) is 3.60. The third-order valence-corrected chi connectivity index (χ3v) is 7.26. The van der Waals surface area contributed by atoms with Gasteiger partial charge in [-0.05, 0) is 47.9 Å². The van der Waals surface area contributed by atoms with Crippen LogP contribution in [0.15, 0.2) is 88.3 Å². The molecular weight excluding hydrogens is 486 g/mol. The van der Waals surface area contributed by atoms with Gasteiger partial charge in [0, 0.05) is 16.7 Å². The number of nitrogens with zero attached hydrogens (tertiary/aromatic N) is 3. The number of aromatic amines is 1. The summed E-state index contributed by atoms with van der Waals surface area (Å²) in [5.41, 5.74) is 5.35. The number of methoxy groups -OCH3 is 1. The summed E-state index contributed by atoms with van der Waals surface area (Å²) in [4.78, 5) is 12.8. The lowest BCUT2D eigenvalue weighted by atomic mass is 9.91. The van der Waals surface area contributed by atoms with Crippen molar-refractivity contribution in [3.8, 4) is 28.3 Å². The summed E-state index contributed by atoms with van der Waals surface area (Å²) >= 11 is 1.50. The molecule has 1 aliphatic heterocycles. The standard InChI is InChI=1S/C28H23N5O3S/c1-35-20-13-11-17(12-14-20)24-25(22-15-19-9-5-6-10-21(19)26(34)29-22)31-33-28(24)37-16-23-30-32-27(36-23)18-7-3-2-4-8-18/h2-14,22H,15-16H2,1H3,(H,29,34)(H,31,33). The maximum Gasteiger partial charge on any atom is 0.252 e. The smallest absolute Gasteiger partial charge is 0.252 e. The minimum atomic E-state index is -0.241. The highest BCUT2D eigenvalue weighted by Crippen LogP contribution is 2.39. The Morgan fingerprint density at radius 3 is 2.57 bits per heavy atom. The Bertz CT molecular complexity index is 1550. The average molecular weight is 510 g/mol. The molecule has 1 aliphatic rings. The second kappa shape index (κ2) is 9.94. The van der Waals surface area contributed by atoms with Crippen molar-refractivity contribution in [3.63, 3.8) is 0 Å². The molecule has 3 aromatic carbocycles. The highest BCUT2D eigenvalue weighted by atomic mass is 32.2. The van der Waals surface area contributed by atoms with Crippen LogP contribution in [0.5, 0.6) is 5.75 Å². The molecule has 0 bridgehead atoms. The normalized spacial score (nSPS) is 14.7. The Morgan fingerprint density at radius 1 is 0.973 bits per heavy atom. The van der Waals surface area contributed by atoms with Gasteiger partial charge in [0.05, 0.1) is 24.6 Å². The van der Waals surface area contributed by atoms with Crippen LogP contribution in [0.2, 0.25) is 0 Å². The number of hydrogen-bond donors (Lipinski definition) is 2. The van der Waals surface area contributed by atoms with E-state index >= 15 is 0 Å². The fourth-order valence-corrected chi connectivity index (χ4v) is 5.33. The highest BCUT2D eigenvalue weighted by molar-refractivity contribution is 7.98. The van der Waals surface area contributed by atoms with E-state index < -0.39 is 0 Å². The number of hydrogen-bond acceptors (Lipinski definition) is 7. The van der Waals surface area contributed by atoms with E-state index in [0.29, 0.717) is 29.5 Å². The van der Waals surface area contributed by atoms with Gasteiger partial charge < -0.3 is 14.5 Å². The lowest BCUT2D eigenvalue weighted by Gasteiger charge is -2.25. The molecule has 0 radical (unpaired) electrons. The first kappa shape index (κ1) is 23.1. The van der Waals surface area contributed by atoms with Crippen LogP contribution in [0.1, 0.15) is 33.5 Å². The van der Waals surface area contributed by atoms with Crippen molar-refractivity contribution in [2.75, 3.05) is 7.11 Å². The first-order valence-electron chi connectivity index (χ1n) is 11.8. The maximum atomic E-state index is 12.8. The third-order valence-electron chi connectivity index (χ3n) is 6.30. The van der Waals surface area contributed by atoms with E-state index in [4.69, 9.17) is 9.15 Å². The Labute approximate surface area is 217 Å². The zero-order chi connectivity index (χ0) is 25.2. The molecular formula is C28H23N5O3S. The second-order valence-corrected chi connectivity index (χ2v) is 9.55. The van der Waals surface area contributed by atoms with Crippen LogP contribution < -0.4 is 10.1 Å². The summed E-state index contributed by atoms with van der Waals surface area (Å²) < 4.78 is 11.2. The Balaban J connectivity index is 1.31. The zero-order valence-corrected chi connectivity index (χ0v) is 20.8. The summed E-state index contributed by atoms with van der Waals surface area (Å²) in [6.07, 6.45) is 0.668. The molecule has 1 atom stereocenters. The number of benzene rings is 3. The molecule has 8 nitrogen and oxygen atoms in total. The van der Waals surface area contributed by atoms with Gasteiger partial charge in [-0.2, -0.15) is 5.10 Å². The molecule has 1 unspecified atom stereocenters. The molecule has 2 aromatic heterocycles. The van der Waals surface area contributed by atoms with Crippen molar-refractivity contribution in [3.05, 3.63) is 102 Å². The molecule has 184 valence electrons. The molecule has 3 heterocycles. The van der Waals surface area contributed by atoms with E-state index in [2.05, 4.69) is 25.7 Å². The first-order chi connectivity index (χ1) is 18.2. The molecule has 1 amide bonds. The quantitative estimate of drug-likeness (QED) is 0.281. The third kappa shape index (κ3) is 4.61. The van der Waals surface area contributed by atoms with Gasteiger partial charge >= 0.3 is 0 Å². The van der Waals surface area contributed by atoms with E-state index in [1.54, 1.807) is 7.11 Å². The van der Waals surface area contributed by atoms with Gasteiger partial charge in [0.15, 0.2) is 0 Å². The SMILES string of the molecule is COc1ccc(-c2c(SCc3nnc(-c4ccccc4)o3)n[nH]c2C2Cc3ccccc3C(=O)N2)cc1. The van der Waals surface area contributed by atoms with Crippen LogP contribution in [0.25, 0.3) is 22.6 Å². The van der Waals surface area contributed by atoms with E-state index in [-0.39, 0.29) is 11.9 Å². The van der Waals surface area contributed by atoms with Gasteiger partial charge in [-0.15, -0.1) is 10.2 Å². The largest absolute Gasteiger partial charge is 0.497 e. The van der Waals surface area contributed by atoms with E-state index in [1.165, 1.54) is 11.8 Å². The number of H-pyrrole nitrogens is 1. The van der Waals surface area contributed by atoms with Crippen LogP contribution in [0.4, 0.5) is 0 Å². The minimum Gasteiger partial charge on any atom is -0.497 e. The molecule has 0 spiro atoms. The van der Waals surface area contributed by atoms with Crippen LogP contribution in [0, 0.1) is 0 Å². The predicted molar refractivity (Wildman–Crippen MR) is 140 cm³/mol. The van der Waals surface area contributed by atoms with Crippen molar-refractivity contribution in [1.82, 2.24) is 25.7 Å². The Morgan fingerprint density at radius 2 is 1.76 bits per heavy atom. The van der Waals surface area contributed by atoms with E-state index in [9.17, 15) is 4.79 Å². The number of thioether (sulfide) groups is 1. The molecule has 37 heavy (non-hydrogen) atoms. The molecule has 0 saturated heterocycles. The molecule has 6 rings (SSSR count). The van der Waals surface area contributed by atoms with Gasteiger partial charge in [-0.3, -0.25) is 9.89 Å². The van der Waals surface area contributed by atoms with Crippen molar-refractivity contribution < 1.29 is 13.9 Å². The number of nitrogens with one attached hydrogen (secondary N) is 2. The fourth-order valence-electron chi connectivity index (χ4n) is 4.47. The lowest BCUT2D eigenvalue weighted by molar-refractivity contribution is 0.0924. The number of amides is 1. The summed E-state index contributed by atoms with van der Waals surface area (Å²) in [6.45, 7) is 0. The summed E-state index contributed by atoms with van der Waals surface area (Å²) in [5.74, 6) is 2.12. The predicted octanol–water partition coefficient (Wildman–Crippen LogP) is 5.45. The van der Waals surface area contributed by atoms with Gasteiger partial charge in [0.1, 0.15) is 10.8 Å². The van der Waals surface area contributed by atoms with Crippen LogP contribution >= 0.6 is 11.8 Å². The lowest BCUT2D eigenvalue weighted by Crippen LogP contribution is -2.35. The van der Waals surface area contributed by atoms with Gasteiger partial charge in [0.25, 0.3) is 5.91 Å². The Hall–Kier alpha value is -4.37. The summed E-state index contributed by atoms with van der Waals surface area (Å²) in [5, 5.41) is 20.2. The van der Waals surface area contributed by atoms with Crippen molar-refractivity contribution in [2.24, 2.45) is 0 Å². The number of rotatable bonds is 7. The Kier molecular flexibility index (Phi) is 6.20. The molecule has 0 saturated carbocycles. The monoisotopic (exact) mass is 509 g/mol. The zero-order valence-electron chi connectivity index (χ0n) is 20.0. The number of aromatic nitrogens is 4. The number of ether oxygens (including phenoxy) is 1. The minimum absolute atomic E-state index is 0.0874. The van der Waals surface area contributed by atoms with Crippen molar-refractivity contribution in [1.29, 1.82) is 0 Å². The topological polar surface area (TPSA) is 106 Å². The van der Waals surface area contributed by atoms with E-state index in [1.807, 2.05) is 78.9 Å². The highest BCUT2D eigenvalue weighted by Gasteiger charge is 2.30. The molecule has 5 aromatic rings. The van der Waals surface area contributed by atoms with Crippen LogP contribution in [0.3, 0.4) is 0 Å². The maximum absolute atomic E-state index is 12.8. The van der Waals surface area contributed by atoms with Crippen molar-refractivity contribution >= 4 is 17.7 Å². The molecule has 9 heteroatoms. The fraction of sp³-hybridized carbons (Fsp3) is 0.143. The van der Waals surface area contributed by atoms with Crippen molar-refractivity contribution in [2.45, 2.75) is 23.2 Å². The summed E-state index contributed by atoms with van der Waals surface area (Å²) in [6, 6.07) is 25.0. The molecule has 0 fully saturated rings. The van der Waals surface area contributed by atoms with Crippen LogP contribution in [-0.4, -0.2) is 33.4 Å². The van der Waals surface area contributed by atoms with Gasteiger partial charge in [-0.25, -0.2) is 0 Å². The molecule has 0 aliphatic carbocycles. The van der Waals surface area contributed by atoms with Crippen LogP contribution in [-0.2, 0) is 12.2 Å². The van der Waals surface area contributed by atoms with E-state index in [0.717, 1.165) is 38.7 Å². The molecule has 2 N–H and O–H groups in total. The number of fused-ring (bicyclic) bond motifs is 1.